The standard InChI is InChI=1S/C16H25N3O/c1-13(16(20)18-10-6-2-3-7-11-18)19-12-17-14-8-4-5-9-15(14)19/h12-13H,2-11H2,1H3. The Labute approximate surface area is 121 Å². The van der Waals surface area contributed by atoms with Crippen molar-refractivity contribution in [3.63, 3.8) is 0 Å². The zero-order valence-corrected chi connectivity index (χ0v) is 12.5. The minimum Gasteiger partial charge on any atom is -0.341 e. The van der Waals surface area contributed by atoms with Crippen LogP contribution in [0.2, 0.25) is 0 Å². The molecule has 1 aromatic rings. The van der Waals surface area contributed by atoms with Crippen molar-refractivity contribution in [3.05, 3.63) is 17.7 Å². The van der Waals surface area contributed by atoms with Gasteiger partial charge in [0.15, 0.2) is 0 Å². The van der Waals surface area contributed by atoms with Crippen LogP contribution in [0.15, 0.2) is 6.33 Å². The molecule has 0 aromatic carbocycles. The zero-order valence-electron chi connectivity index (χ0n) is 12.5. The molecule has 0 spiro atoms. The fourth-order valence-electron chi connectivity index (χ4n) is 3.50. The molecule has 1 saturated heterocycles. The Morgan fingerprint density at radius 1 is 1.10 bits per heavy atom. The van der Waals surface area contributed by atoms with Gasteiger partial charge in [0.05, 0.1) is 12.0 Å². The average Bonchev–Trinajstić information content (AvgIpc) is 2.72. The summed E-state index contributed by atoms with van der Waals surface area (Å²) < 4.78 is 2.13. The second-order valence-electron chi connectivity index (χ2n) is 6.17. The molecule has 1 atom stereocenters. The summed E-state index contributed by atoms with van der Waals surface area (Å²) in [6.45, 7) is 3.89. The summed E-state index contributed by atoms with van der Waals surface area (Å²) in [5.41, 5.74) is 2.51. The van der Waals surface area contributed by atoms with Crippen LogP contribution in [-0.2, 0) is 17.6 Å². The Hall–Kier alpha value is -1.32. The van der Waals surface area contributed by atoms with E-state index in [0.29, 0.717) is 0 Å². The molecule has 0 bridgehead atoms. The number of nitrogens with zero attached hydrogens (tertiary/aromatic N) is 3. The second kappa shape index (κ2) is 5.98. The van der Waals surface area contributed by atoms with E-state index in [4.69, 9.17) is 0 Å². The number of rotatable bonds is 2. The Bertz CT molecular complexity index is 472. The summed E-state index contributed by atoms with van der Waals surface area (Å²) in [7, 11) is 0. The molecule has 2 aliphatic rings. The zero-order chi connectivity index (χ0) is 13.9. The summed E-state index contributed by atoms with van der Waals surface area (Å²) in [5.74, 6) is 0.276. The molecular weight excluding hydrogens is 250 g/mol. The second-order valence-corrected chi connectivity index (χ2v) is 6.17. The van der Waals surface area contributed by atoms with Crippen LogP contribution in [0.5, 0.6) is 0 Å². The van der Waals surface area contributed by atoms with Gasteiger partial charge in [-0.1, -0.05) is 12.8 Å². The predicted molar refractivity (Wildman–Crippen MR) is 78.6 cm³/mol. The third kappa shape index (κ3) is 2.60. The van der Waals surface area contributed by atoms with Gasteiger partial charge >= 0.3 is 0 Å². The number of amides is 1. The van der Waals surface area contributed by atoms with Crippen molar-refractivity contribution in [2.45, 2.75) is 64.3 Å². The molecule has 20 heavy (non-hydrogen) atoms. The van der Waals surface area contributed by atoms with Gasteiger partial charge in [-0.3, -0.25) is 4.79 Å². The lowest BCUT2D eigenvalue weighted by Gasteiger charge is -2.26. The Morgan fingerprint density at radius 3 is 2.55 bits per heavy atom. The van der Waals surface area contributed by atoms with Crippen LogP contribution in [0.4, 0.5) is 0 Å². The maximum atomic E-state index is 12.7. The van der Waals surface area contributed by atoms with Crippen molar-refractivity contribution in [2.75, 3.05) is 13.1 Å². The summed E-state index contributed by atoms with van der Waals surface area (Å²) >= 11 is 0. The molecule has 1 unspecified atom stereocenters. The maximum Gasteiger partial charge on any atom is 0.245 e. The lowest BCUT2D eigenvalue weighted by atomic mass is 10.0. The van der Waals surface area contributed by atoms with E-state index >= 15 is 0 Å². The van der Waals surface area contributed by atoms with Crippen molar-refractivity contribution >= 4 is 5.91 Å². The Kier molecular flexibility index (Phi) is 4.08. The van der Waals surface area contributed by atoms with Crippen LogP contribution < -0.4 is 0 Å². The van der Waals surface area contributed by atoms with Gasteiger partial charge in [-0.05, 0) is 45.4 Å². The smallest absolute Gasteiger partial charge is 0.245 e. The normalized spacial score (nSPS) is 21.1. The van der Waals surface area contributed by atoms with Crippen molar-refractivity contribution < 1.29 is 4.79 Å². The number of carbonyl (C=O) groups excluding carboxylic acids is 1. The number of hydrogen-bond acceptors (Lipinski definition) is 2. The van der Waals surface area contributed by atoms with Gasteiger partial charge in [0.25, 0.3) is 0 Å². The van der Waals surface area contributed by atoms with E-state index in [2.05, 4.69) is 14.5 Å². The molecule has 0 radical (unpaired) electrons. The predicted octanol–water partition coefficient (Wildman–Crippen LogP) is 2.73. The number of aromatic nitrogens is 2. The fraction of sp³-hybridized carbons (Fsp3) is 0.750. The molecule has 3 rings (SSSR count). The minimum atomic E-state index is -0.0950. The summed E-state index contributed by atoms with van der Waals surface area (Å²) in [5, 5.41) is 0. The number of carbonyl (C=O) groups is 1. The maximum absolute atomic E-state index is 12.7. The van der Waals surface area contributed by atoms with Gasteiger partial charge in [-0.15, -0.1) is 0 Å². The fourth-order valence-corrected chi connectivity index (χ4v) is 3.50. The lowest BCUT2D eigenvalue weighted by Crippen LogP contribution is -2.37. The van der Waals surface area contributed by atoms with E-state index in [1.165, 1.54) is 37.1 Å². The molecule has 0 saturated carbocycles. The number of fused-ring (bicyclic) bond motifs is 1. The first-order chi connectivity index (χ1) is 9.77. The first kappa shape index (κ1) is 13.7. The van der Waals surface area contributed by atoms with Crippen molar-refractivity contribution in [1.29, 1.82) is 0 Å². The Morgan fingerprint density at radius 2 is 1.80 bits per heavy atom. The summed E-state index contributed by atoms with van der Waals surface area (Å²) in [6.07, 6.45) is 11.3. The van der Waals surface area contributed by atoms with E-state index in [9.17, 15) is 4.79 Å². The molecule has 110 valence electrons. The molecule has 1 aliphatic carbocycles. The molecule has 1 aromatic heterocycles. The highest BCUT2D eigenvalue weighted by Gasteiger charge is 2.26. The lowest BCUT2D eigenvalue weighted by molar-refractivity contribution is -0.134. The minimum absolute atomic E-state index is 0.0950. The van der Waals surface area contributed by atoms with Gasteiger partial charge in [-0.2, -0.15) is 0 Å². The first-order valence-corrected chi connectivity index (χ1v) is 8.11. The largest absolute Gasteiger partial charge is 0.341 e. The van der Waals surface area contributed by atoms with E-state index in [0.717, 1.165) is 38.8 Å². The monoisotopic (exact) mass is 275 g/mol. The summed E-state index contributed by atoms with van der Waals surface area (Å²) in [6, 6.07) is -0.0950. The van der Waals surface area contributed by atoms with E-state index < -0.39 is 0 Å². The summed E-state index contributed by atoms with van der Waals surface area (Å²) in [4.78, 5) is 19.3. The van der Waals surface area contributed by atoms with E-state index in [1.54, 1.807) is 0 Å². The molecule has 1 aliphatic heterocycles. The number of hydrogen-bond donors (Lipinski definition) is 0. The SMILES string of the molecule is CC(C(=O)N1CCCCCC1)n1cnc2c1CCCC2. The van der Waals surface area contributed by atoms with Gasteiger partial charge in [-0.25, -0.2) is 4.98 Å². The molecule has 2 heterocycles. The van der Waals surface area contributed by atoms with Crippen LogP contribution in [0.25, 0.3) is 0 Å². The quantitative estimate of drug-likeness (QED) is 0.832. The topological polar surface area (TPSA) is 38.1 Å². The highest BCUT2D eigenvalue weighted by Crippen LogP contribution is 2.24. The van der Waals surface area contributed by atoms with E-state index in [-0.39, 0.29) is 11.9 Å². The van der Waals surface area contributed by atoms with Crippen molar-refractivity contribution in [1.82, 2.24) is 14.5 Å². The molecular formula is C16H25N3O. The van der Waals surface area contributed by atoms with Gasteiger partial charge in [0.1, 0.15) is 6.04 Å². The molecule has 4 nitrogen and oxygen atoms in total. The Balaban J connectivity index is 1.75. The third-order valence-corrected chi connectivity index (χ3v) is 4.75. The van der Waals surface area contributed by atoms with Crippen molar-refractivity contribution in [3.8, 4) is 0 Å². The third-order valence-electron chi connectivity index (χ3n) is 4.75. The first-order valence-electron chi connectivity index (χ1n) is 8.11. The molecule has 1 fully saturated rings. The highest BCUT2D eigenvalue weighted by atomic mass is 16.2. The average molecular weight is 275 g/mol. The van der Waals surface area contributed by atoms with Crippen LogP contribution in [0, 0.1) is 0 Å². The van der Waals surface area contributed by atoms with Gasteiger partial charge < -0.3 is 9.47 Å². The molecule has 4 heteroatoms. The van der Waals surface area contributed by atoms with Crippen LogP contribution >= 0.6 is 0 Å². The highest BCUT2D eigenvalue weighted by molar-refractivity contribution is 5.80. The number of likely N-dealkylation sites (tertiary alicyclic amines) is 1. The van der Waals surface area contributed by atoms with E-state index in [1.807, 2.05) is 13.3 Å². The molecule has 1 amide bonds. The molecule has 0 N–H and O–H groups in total. The van der Waals surface area contributed by atoms with Crippen LogP contribution in [-0.4, -0.2) is 33.4 Å². The number of imidazole rings is 1. The van der Waals surface area contributed by atoms with Gasteiger partial charge in [0, 0.05) is 18.8 Å². The van der Waals surface area contributed by atoms with Crippen LogP contribution in [0.3, 0.4) is 0 Å². The van der Waals surface area contributed by atoms with Crippen molar-refractivity contribution in [2.24, 2.45) is 0 Å². The van der Waals surface area contributed by atoms with Crippen LogP contribution in [0.1, 0.15) is 62.9 Å². The number of aryl methyl sites for hydroxylation is 1. The van der Waals surface area contributed by atoms with Gasteiger partial charge in [0.2, 0.25) is 5.91 Å².